The van der Waals surface area contributed by atoms with E-state index in [1.165, 1.54) is 51.3 Å². The molecule has 2 aliphatic rings. The second-order valence-corrected chi connectivity index (χ2v) is 5.56. The van der Waals surface area contributed by atoms with Crippen molar-refractivity contribution in [2.75, 3.05) is 24.5 Å². The largest absolute Gasteiger partial charge is 0.342 e. The van der Waals surface area contributed by atoms with Crippen LogP contribution in [0.1, 0.15) is 32.6 Å². The molecule has 0 radical (unpaired) electrons. The zero-order valence-electron chi connectivity index (χ0n) is 11.3. The topological polar surface area (TPSA) is 33.1 Å². The summed E-state index contributed by atoms with van der Waals surface area (Å²) in [4.78, 5) is 7.02. The number of rotatable bonds is 3. The highest BCUT2D eigenvalue weighted by molar-refractivity contribution is 5.32. The van der Waals surface area contributed by atoms with Crippen LogP contribution in [-0.4, -0.2) is 35.2 Å². The molecular formula is C14H24N4. The standard InChI is InChI=1S/C14H24N4/c1-2-17-10-8-16-14(17)18-9-4-5-12(11-18)13-6-3-7-15-13/h8,10,12-13,15H,2-7,9,11H2,1H3. The maximum absolute atomic E-state index is 4.54. The van der Waals surface area contributed by atoms with Gasteiger partial charge in [-0.25, -0.2) is 4.98 Å². The van der Waals surface area contributed by atoms with Crippen molar-refractivity contribution < 1.29 is 0 Å². The number of anilines is 1. The number of aryl methyl sites for hydroxylation is 1. The van der Waals surface area contributed by atoms with Gasteiger partial charge in [0.2, 0.25) is 5.95 Å². The van der Waals surface area contributed by atoms with Crippen LogP contribution < -0.4 is 10.2 Å². The lowest BCUT2D eigenvalue weighted by atomic mass is 9.90. The Balaban J connectivity index is 1.69. The molecule has 2 unspecified atom stereocenters. The van der Waals surface area contributed by atoms with E-state index in [1.807, 2.05) is 6.20 Å². The quantitative estimate of drug-likeness (QED) is 0.886. The number of nitrogens with zero attached hydrogens (tertiary/aromatic N) is 3. The number of imidazole rings is 1. The second kappa shape index (κ2) is 5.31. The summed E-state index contributed by atoms with van der Waals surface area (Å²) in [6.45, 7) is 6.75. The summed E-state index contributed by atoms with van der Waals surface area (Å²) in [6, 6.07) is 0.748. The summed E-state index contributed by atoms with van der Waals surface area (Å²) in [7, 11) is 0. The fraction of sp³-hybridized carbons (Fsp3) is 0.786. The van der Waals surface area contributed by atoms with E-state index in [4.69, 9.17) is 0 Å². The van der Waals surface area contributed by atoms with E-state index in [9.17, 15) is 0 Å². The van der Waals surface area contributed by atoms with Gasteiger partial charge >= 0.3 is 0 Å². The van der Waals surface area contributed by atoms with Gasteiger partial charge < -0.3 is 14.8 Å². The van der Waals surface area contributed by atoms with E-state index in [1.54, 1.807) is 0 Å². The predicted molar refractivity (Wildman–Crippen MR) is 73.9 cm³/mol. The van der Waals surface area contributed by atoms with Crippen LogP contribution >= 0.6 is 0 Å². The Kier molecular flexibility index (Phi) is 3.55. The van der Waals surface area contributed by atoms with Gasteiger partial charge in [-0.15, -0.1) is 0 Å². The van der Waals surface area contributed by atoms with Gasteiger partial charge in [0.15, 0.2) is 0 Å². The molecule has 1 N–H and O–H groups in total. The van der Waals surface area contributed by atoms with Crippen LogP contribution in [-0.2, 0) is 6.54 Å². The SMILES string of the molecule is CCn1ccnc1N1CCCC(C2CCCN2)C1. The van der Waals surface area contributed by atoms with Gasteiger partial charge in [0.25, 0.3) is 0 Å². The molecule has 0 amide bonds. The van der Waals surface area contributed by atoms with Crippen molar-refractivity contribution >= 4 is 5.95 Å². The van der Waals surface area contributed by atoms with Crippen molar-refractivity contribution in [3.05, 3.63) is 12.4 Å². The highest BCUT2D eigenvalue weighted by Gasteiger charge is 2.30. The summed E-state index contributed by atoms with van der Waals surface area (Å²) in [5, 5.41) is 3.67. The van der Waals surface area contributed by atoms with E-state index in [-0.39, 0.29) is 0 Å². The highest BCUT2D eigenvalue weighted by atomic mass is 15.3. The molecule has 3 rings (SSSR count). The van der Waals surface area contributed by atoms with E-state index in [0.29, 0.717) is 0 Å². The smallest absolute Gasteiger partial charge is 0.205 e. The molecule has 0 aromatic carbocycles. The Bertz CT molecular complexity index is 381. The lowest BCUT2D eigenvalue weighted by Crippen LogP contribution is -2.44. The van der Waals surface area contributed by atoms with Crippen LogP contribution in [0.4, 0.5) is 5.95 Å². The summed E-state index contributed by atoms with van der Waals surface area (Å²) in [5.41, 5.74) is 0. The molecular weight excluding hydrogens is 224 g/mol. The molecule has 1 aromatic heterocycles. The Morgan fingerprint density at radius 1 is 1.39 bits per heavy atom. The van der Waals surface area contributed by atoms with E-state index in [2.05, 4.69) is 32.9 Å². The molecule has 1 aromatic rings. The third-order valence-corrected chi connectivity index (χ3v) is 4.44. The molecule has 4 nitrogen and oxygen atoms in total. The molecule has 18 heavy (non-hydrogen) atoms. The van der Waals surface area contributed by atoms with Crippen molar-refractivity contribution in [2.45, 2.75) is 45.2 Å². The monoisotopic (exact) mass is 248 g/mol. The number of hydrogen-bond donors (Lipinski definition) is 1. The van der Waals surface area contributed by atoms with Crippen molar-refractivity contribution in [1.82, 2.24) is 14.9 Å². The molecule has 2 saturated heterocycles. The maximum atomic E-state index is 4.54. The summed E-state index contributed by atoms with van der Waals surface area (Å²) < 4.78 is 2.25. The van der Waals surface area contributed by atoms with Crippen LogP contribution in [0.25, 0.3) is 0 Å². The van der Waals surface area contributed by atoms with Crippen LogP contribution in [0.5, 0.6) is 0 Å². The fourth-order valence-electron chi connectivity index (χ4n) is 3.47. The third kappa shape index (κ3) is 2.26. The molecule has 3 heterocycles. The van der Waals surface area contributed by atoms with E-state index >= 15 is 0 Å². The Hall–Kier alpha value is -1.03. The molecule has 2 fully saturated rings. The van der Waals surface area contributed by atoms with Crippen molar-refractivity contribution in [2.24, 2.45) is 5.92 Å². The number of piperidine rings is 1. The van der Waals surface area contributed by atoms with Gasteiger partial charge in [0, 0.05) is 38.1 Å². The summed E-state index contributed by atoms with van der Waals surface area (Å²) >= 11 is 0. The first-order chi connectivity index (χ1) is 8.88. The molecule has 0 bridgehead atoms. The molecule has 0 spiro atoms. The Morgan fingerprint density at radius 2 is 2.33 bits per heavy atom. The summed E-state index contributed by atoms with van der Waals surface area (Å²) in [6.07, 6.45) is 9.41. The van der Waals surface area contributed by atoms with E-state index < -0.39 is 0 Å². The number of nitrogens with one attached hydrogen (secondary N) is 1. The van der Waals surface area contributed by atoms with Gasteiger partial charge in [0.1, 0.15) is 0 Å². The molecule has 0 aliphatic carbocycles. The van der Waals surface area contributed by atoms with E-state index in [0.717, 1.165) is 18.5 Å². The first-order valence-electron chi connectivity index (χ1n) is 7.38. The molecule has 4 heteroatoms. The zero-order valence-corrected chi connectivity index (χ0v) is 11.3. The highest BCUT2D eigenvalue weighted by Crippen LogP contribution is 2.27. The molecule has 100 valence electrons. The first-order valence-corrected chi connectivity index (χ1v) is 7.38. The molecule has 0 saturated carbocycles. The summed E-state index contributed by atoms with van der Waals surface area (Å²) in [5.74, 6) is 1.98. The maximum Gasteiger partial charge on any atom is 0.205 e. The Morgan fingerprint density at radius 3 is 3.11 bits per heavy atom. The van der Waals surface area contributed by atoms with Gasteiger partial charge in [-0.2, -0.15) is 0 Å². The minimum absolute atomic E-state index is 0.748. The number of aromatic nitrogens is 2. The van der Waals surface area contributed by atoms with Crippen molar-refractivity contribution in [1.29, 1.82) is 0 Å². The average Bonchev–Trinajstić information content (AvgIpc) is 3.10. The van der Waals surface area contributed by atoms with Gasteiger partial charge in [-0.1, -0.05) is 0 Å². The zero-order chi connectivity index (χ0) is 12.4. The average molecular weight is 248 g/mol. The van der Waals surface area contributed by atoms with Crippen LogP contribution in [0.3, 0.4) is 0 Å². The Labute approximate surface area is 109 Å². The fourth-order valence-corrected chi connectivity index (χ4v) is 3.47. The van der Waals surface area contributed by atoms with Crippen LogP contribution in [0.2, 0.25) is 0 Å². The van der Waals surface area contributed by atoms with Crippen molar-refractivity contribution in [3.8, 4) is 0 Å². The van der Waals surface area contributed by atoms with Gasteiger partial charge in [0.05, 0.1) is 0 Å². The predicted octanol–water partition coefficient (Wildman–Crippen LogP) is 1.87. The van der Waals surface area contributed by atoms with Crippen molar-refractivity contribution in [3.63, 3.8) is 0 Å². The first kappa shape index (κ1) is 12.0. The third-order valence-electron chi connectivity index (χ3n) is 4.44. The van der Waals surface area contributed by atoms with Gasteiger partial charge in [-0.3, -0.25) is 0 Å². The number of hydrogen-bond acceptors (Lipinski definition) is 3. The lowest BCUT2D eigenvalue weighted by molar-refractivity contribution is 0.325. The normalized spacial score (nSPS) is 28.8. The molecule has 2 aliphatic heterocycles. The second-order valence-electron chi connectivity index (χ2n) is 5.56. The lowest BCUT2D eigenvalue weighted by Gasteiger charge is -2.36. The minimum Gasteiger partial charge on any atom is -0.342 e. The minimum atomic E-state index is 0.748. The van der Waals surface area contributed by atoms with Crippen LogP contribution in [0, 0.1) is 5.92 Å². The van der Waals surface area contributed by atoms with Gasteiger partial charge in [-0.05, 0) is 45.1 Å². The van der Waals surface area contributed by atoms with Crippen LogP contribution in [0.15, 0.2) is 12.4 Å². The molecule has 2 atom stereocenters.